The lowest BCUT2D eigenvalue weighted by Crippen LogP contribution is -2.28. The molecule has 0 bridgehead atoms. The standard InChI is InChI=1S/C20H23NO3S/c1-16-8-9-19(17(2)14-16)10-11-20(22)21-12-13-25(23,24)15-18-6-4-3-5-7-18/h3-11,14H,12-13,15H2,1-2H3,(H,21,22)/b11-10+. The Bertz CT molecular complexity index is 856. The van der Waals surface area contributed by atoms with Crippen molar-refractivity contribution in [2.45, 2.75) is 19.6 Å². The molecule has 1 N–H and O–H groups in total. The Morgan fingerprint density at radius 3 is 2.48 bits per heavy atom. The van der Waals surface area contributed by atoms with Gasteiger partial charge in [0.25, 0.3) is 0 Å². The van der Waals surface area contributed by atoms with E-state index in [1.54, 1.807) is 18.2 Å². The average Bonchev–Trinajstić information content (AvgIpc) is 2.54. The summed E-state index contributed by atoms with van der Waals surface area (Å²) in [6.45, 7) is 4.11. The van der Waals surface area contributed by atoms with E-state index in [0.717, 1.165) is 16.7 Å². The molecule has 0 aliphatic heterocycles. The van der Waals surface area contributed by atoms with E-state index in [-0.39, 0.29) is 24.0 Å². The predicted molar refractivity (Wildman–Crippen MR) is 102 cm³/mol. The van der Waals surface area contributed by atoms with Crippen LogP contribution in [0.1, 0.15) is 22.3 Å². The molecule has 0 unspecified atom stereocenters. The van der Waals surface area contributed by atoms with Gasteiger partial charge in [0.2, 0.25) is 5.91 Å². The number of carbonyl (C=O) groups excluding carboxylic acids is 1. The third-order valence-electron chi connectivity index (χ3n) is 3.78. The first-order chi connectivity index (χ1) is 11.9. The topological polar surface area (TPSA) is 63.2 Å². The normalized spacial score (nSPS) is 11.6. The van der Waals surface area contributed by atoms with Crippen LogP contribution in [0.2, 0.25) is 0 Å². The van der Waals surface area contributed by atoms with Crippen LogP contribution in [0, 0.1) is 13.8 Å². The fourth-order valence-corrected chi connectivity index (χ4v) is 3.72. The summed E-state index contributed by atoms with van der Waals surface area (Å²) in [4.78, 5) is 11.8. The second-order valence-electron chi connectivity index (χ2n) is 6.06. The maximum Gasteiger partial charge on any atom is 0.244 e. The quantitative estimate of drug-likeness (QED) is 0.775. The number of hydrogen-bond acceptors (Lipinski definition) is 3. The molecular formula is C20H23NO3S. The van der Waals surface area contributed by atoms with Gasteiger partial charge in [-0.25, -0.2) is 8.42 Å². The van der Waals surface area contributed by atoms with Crippen molar-refractivity contribution >= 4 is 21.8 Å². The van der Waals surface area contributed by atoms with Gasteiger partial charge in [-0.2, -0.15) is 0 Å². The van der Waals surface area contributed by atoms with Crippen molar-refractivity contribution in [3.8, 4) is 0 Å². The van der Waals surface area contributed by atoms with Gasteiger partial charge in [0, 0.05) is 12.6 Å². The third-order valence-corrected chi connectivity index (χ3v) is 5.38. The highest BCUT2D eigenvalue weighted by atomic mass is 32.2. The Morgan fingerprint density at radius 2 is 1.80 bits per heavy atom. The molecule has 0 aliphatic carbocycles. The second-order valence-corrected chi connectivity index (χ2v) is 8.25. The van der Waals surface area contributed by atoms with Crippen molar-refractivity contribution in [3.63, 3.8) is 0 Å². The van der Waals surface area contributed by atoms with Crippen molar-refractivity contribution in [1.82, 2.24) is 5.32 Å². The van der Waals surface area contributed by atoms with E-state index in [2.05, 4.69) is 5.32 Å². The van der Waals surface area contributed by atoms with Gasteiger partial charge < -0.3 is 5.32 Å². The minimum atomic E-state index is -3.25. The van der Waals surface area contributed by atoms with Crippen molar-refractivity contribution in [3.05, 3.63) is 76.9 Å². The fourth-order valence-electron chi connectivity index (χ4n) is 2.47. The predicted octanol–water partition coefficient (Wildman–Crippen LogP) is 3.05. The molecule has 0 radical (unpaired) electrons. The number of benzene rings is 2. The molecule has 1 amide bonds. The number of sulfone groups is 1. The zero-order chi connectivity index (χ0) is 18.3. The number of aryl methyl sites for hydroxylation is 2. The lowest BCUT2D eigenvalue weighted by atomic mass is 10.1. The van der Waals surface area contributed by atoms with Crippen LogP contribution < -0.4 is 5.32 Å². The molecule has 0 saturated carbocycles. The number of rotatable bonds is 7. The number of hydrogen-bond donors (Lipinski definition) is 1. The van der Waals surface area contributed by atoms with Crippen LogP contribution in [0.4, 0.5) is 0 Å². The average molecular weight is 357 g/mol. The Morgan fingerprint density at radius 1 is 1.08 bits per heavy atom. The molecule has 132 valence electrons. The summed E-state index contributed by atoms with van der Waals surface area (Å²) in [5, 5.41) is 2.62. The highest BCUT2D eigenvalue weighted by Crippen LogP contribution is 2.12. The van der Waals surface area contributed by atoms with Crippen molar-refractivity contribution in [1.29, 1.82) is 0 Å². The van der Waals surface area contributed by atoms with Crippen molar-refractivity contribution in [2.24, 2.45) is 0 Å². The minimum absolute atomic E-state index is 0.0118. The maximum atomic E-state index is 12.1. The highest BCUT2D eigenvalue weighted by Gasteiger charge is 2.11. The molecule has 2 aromatic rings. The van der Waals surface area contributed by atoms with E-state index in [9.17, 15) is 13.2 Å². The smallest absolute Gasteiger partial charge is 0.244 e. The van der Waals surface area contributed by atoms with E-state index in [1.807, 2.05) is 50.2 Å². The Hall–Kier alpha value is -2.40. The molecule has 0 aliphatic rings. The molecule has 25 heavy (non-hydrogen) atoms. The molecule has 0 fully saturated rings. The van der Waals surface area contributed by atoms with Crippen LogP contribution in [-0.2, 0) is 20.4 Å². The van der Waals surface area contributed by atoms with Crippen LogP contribution >= 0.6 is 0 Å². The van der Waals surface area contributed by atoms with Crippen molar-refractivity contribution in [2.75, 3.05) is 12.3 Å². The Labute approximate surface area is 149 Å². The minimum Gasteiger partial charge on any atom is -0.352 e. The van der Waals surface area contributed by atoms with Gasteiger partial charge in [-0.05, 0) is 36.6 Å². The first-order valence-corrected chi connectivity index (χ1v) is 9.95. The van der Waals surface area contributed by atoms with E-state index < -0.39 is 9.84 Å². The summed E-state index contributed by atoms with van der Waals surface area (Å²) < 4.78 is 24.1. The van der Waals surface area contributed by atoms with Crippen LogP contribution in [0.5, 0.6) is 0 Å². The van der Waals surface area contributed by atoms with Gasteiger partial charge in [0.05, 0.1) is 11.5 Å². The lowest BCUT2D eigenvalue weighted by molar-refractivity contribution is -0.116. The largest absolute Gasteiger partial charge is 0.352 e. The highest BCUT2D eigenvalue weighted by molar-refractivity contribution is 7.90. The van der Waals surface area contributed by atoms with Crippen LogP contribution in [0.15, 0.2) is 54.6 Å². The summed E-state index contributed by atoms with van der Waals surface area (Å²) in [6, 6.07) is 15.0. The van der Waals surface area contributed by atoms with Crippen LogP contribution in [0.3, 0.4) is 0 Å². The Balaban J connectivity index is 1.82. The van der Waals surface area contributed by atoms with E-state index in [0.29, 0.717) is 0 Å². The molecule has 0 heterocycles. The lowest BCUT2D eigenvalue weighted by Gasteiger charge is -2.05. The summed E-state index contributed by atoms with van der Waals surface area (Å²) in [6.07, 6.45) is 3.17. The number of nitrogens with one attached hydrogen (secondary N) is 1. The molecule has 2 rings (SSSR count). The molecule has 0 saturated heterocycles. The first kappa shape index (κ1) is 18.9. The first-order valence-electron chi connectivity index (χ1n) is 8.13. The fraction of sp³-hybridized carbons (Fsp3) is 0.250. The van der Waals surface area contributed by atoms with Gasteiger partial charge in [0.1, 0.15) is 0 Å². The number of carbonyl (C=O) groups is 1. The zero-order valence-corrected chi connectivity index (χ0v) is 15.3. The van der Waals surface area contributed by atoms with E-state index in [4.69, 9.17) is 0 Å². The summed E-state index contributed by atoms with van der Waals surface area (Å²) in [5.41, 5.74) is 3.98. The second kappa shape index (κ2) is 8.62. The molecule has 4 nitrogen and oxygen atoms in total. The van der Waals surface area contributed by atoms with E-state index >= 15 is 0 Å². The number of amides is 1. The van der Waals surface area contributed by atoms with Gasteiger partial charge in [-0.3, -0.25) is 4.79 Å². The maximum absolute atomic E-state index is 12.1. The van der Waals surface area contributed by atoms with Gasteiger partial charge in [-0.1, -0.05) is 54.1 Å². The van der Waals surface area contributed by atoms with Crippen molar-refractivity contribution < 1.29 is 13.2 Å². The monoisotopic (exact) mass is 357 g/mol. The molecule has 2 aromatic carbocycles. The Kier molecular flexibility index (Phi) is 6.53. The third kappa shape index (κ3) is 6.55. The van der Waals surface area contributed by atoms with Crippen LogP contribution in [-0.4, -0.2) is 26.6 Å². The van der Waals surface area contributed by atoms with E-state index in [1.165, 1.54) is 11.6 Å². The summed E-state index contributed by atoms with van der Waals surface area (Å²) in [7, 11) is -3.25. The molecule has 5 heteroatoms. The molecule has 0 atom stereocenters. The summed E-state index contributed by atoms with van der Waals surface area (Å²) in [5.74, 6) is -0.387. The molecular weight excluding hydrogens is 334 g/mol. The van der Waals surface area contributed by atoms with Crippen LogP contribution in [0.25, 0.3) is 6.08 Å². The van der Waals surface area contributed by atoms with Gasteiger partial charge >= 0.3 is 0 Å². The summed E-state index contributed by atoms with van der Waals surface area (Å²) >= 11 is 0. The zero-order valence-electron chi connectivity index (χ0n) is 14.5. The van der Waals surface area contributed by atoms with Gasteiger partial charge in [-0.15, -0.1) is 0 Å². The SMILES string of the molecule is Cc1ccc(/C=C/C(=O)NCCS(=O)(=O)Cc2ccccc2)c(C)c1. The molecule has 0 spiro atoms. The molecule has 0 aromatic heterocycles. The van der Waals surface area contributed by atoms with Gasteiger partial charge in [0.15, 0.2) is 9.84 Å².